The molecule has 0 radical (unpaired) electrons. The Labute approximate surface area is 114 Å². The van der Waals surface area contributed by atoms with Crippen LogP contribution in [-0.4, -0.2) is 34.2 Å². The van der Waals surface area contributed by atoms with E-state index in [4.69, 9.17) is 5.73 Å². The lowest BCUT2D eigenvalue weighted by molar-refractivity contribution is -0.385. The van der Waals surface area contributed by atoms with Crippen molar-refractivity contribution in [3.8, 4) is 0 Å². The van der Waals surface area contributed by atoms with Crippen molar-refractivity contribution in [2.45, 2.75) is 19.9 Å². The average molecular weight is 283 g/mol. The standard InChI is InChI=1S/C12H14FN3O4/c1-7(2)15(6-11(14)17)12(18)9-5-8(13)3-4-10(9)16(19)20/h3-5,7H,6H2,1-2H3,(H2,14,17). The van der Waals surface area contributed by atoms with E-state index in [2.05, 4.69) is 0 Å². The van der Waals surface area contributed by atoms with E-state index in [0.717, 1.165) is 23.1 Å². The Morgan fingerprint density at radius 1 is 1.45 bits per heavy atom. The lowest BCUT2D eigenvalue weighted by atomic mass is 10.1. The first-order valence-electron chi connectivity index (χ1n) is 5.77. The van der Waals surface area contributed by atoms with Crippen LogP contribution in [0.15, 0.2) is 18.2 Å². The number of carbonyl (C=O) groups excluding carboxylic acids is 2. The number of amides is 2. The molecule has 0 unspecified atom stereocenters. The Balaban J connectivity index is 3.27. The van der Waals surface area contributed by atoms with Gasteiger partial charge in [-0.3, -0.25) is 19.7 Å². The molecule has 1 aromatic carbocycles. The highest BCUT2D eigenvalue weighted by Crippen LogP contribution is 2.22. The number of primary amides is 1. The van der Waals surface area contributed by atoms with Crippen LogP contribution in [0, 0.1) is 15.9 Å². The predicted octanol–water partition coefficient (Wildman–Crippen LogP) is 1.07. The van der Waals surface area contributed by atoms with E-state index >= 15 is 0 Å². The molecule has 0 aliphatic heterocycles. The van der Waals surface area contributed by atoms with Gasteiger partial charge in [0.05, 0.1) is 11.5 Å². The van der Waals surface area contributed by atoms with Gasteiger partial charge in [-0.25, -0.2) is 4.39 Å². The molecule has 0 aliphatic carbocycles. The summed E-state index contributed by atoms with van der Waals surface area (Å²) < 4.78 is 13.2. The van der Waals surface area contributed by atoms with Gasteiger partial charge in [0.25, 0.3) is 11.6 Å². The molecule has 8 heteroatoms. The summed E-state index contributed by atoms with van der Waals surface area (Å²) in [5.74, 6) is -2.35. The maximum atomic E-state index is 13.2. The number of nitro groups is 1. The van der Waals surface area contributed by atoms with Crippen LogP contribution in [-0.2, 0) is 4.79 Å². The maximum Gasteiger partial charge on any atom is 0.282 e. The third-order valence-electron chi connectivity index (χ3n) is 2.60. The largest absolute Gasteiger partial charge is 0.368 e. The SMILES string of the molecule is CC(C)N(CC(N)=O)C(=O)c1cc(F)ccc1[N+](=O)[O-]. The van der Waals surface area contributed by atoms with Gasteiger partial charge < -0.3 is 10.6 Å². The Morgan fingerprint density at radius 2 is 2.05 bits per heavy atom. The zero-order chi connectivity index (χ0) is 15.4. The third kappa shape index (κ3) is 3.50. The molecule has 0 atom stereocenters. The summed E-state index contributed by atoms with van der Waals surface area (Å²) in [5, 5.41) is 10.9. The van der Waals surface area contributed by atoms with Crippen molar-refractivity contribution in [3.05, 3.63) is 39.7 Å². The lowest BCUT2D eigenvalue weighted by Crippen LogP contribution is -2.43. The minimum atomic E-state index is -0.815. The smallest absolute Gasteiger partial charge is 0.282 e. The Morgan fingerprint density at radius 3 is 2.50 bits per heavy atom. The Kier molecular flexibility index (Phi) is 4.73. The van der Waals surface area contributed by atoms with Gasteiger partial charge in [0.15, 0.2) is 0 Å². The van der Waals surface area contributed by atoms with Crippen LogP contribution in [0.4, 0.5) is 10.1 Å². The molecule has 7 nitrogen and oxygen atoms in total. The summed E-state index contributed by atoms with van der Waals surface area (Å²) in [6.07, 6.45) is 0. The second-order valence-corrected chi connectivity index (χ2v) is 4.41. The minimum absolute atomic E-state index is 0.399. The van der Waals surface area contributed by atoms with Gasteiger partial charge in [-0.2, -0.15) is 0 Å². The van der Waals surface area contributed by atoms with Crippen molar-refractivity contribution < 1.29 is 18.9 Å². The normalized spacial score (nSPS) is 10.4. The van der Waals surface area contributed by atoms with Gasteiger partial charge in [0, 0.05) is 12.1 Å². The second-order valence-electron chi connectivity index (χ2n) is 4.41. The Hall–Kier alpha value is -2.51. The number of nitrogens with zero attached hydrogens (tertiary/aromatic N) is 2. The van der Waals surface area contributed by atoms with Gasteiger partial charge in [0.2, 0.25) is 5.91 Å². The van der Waals surface area contributed by atoms with E-state index in [-0.39, 0.29) is 0 Å². The molecule has 0 bridgehead atoms. The van der Waals surface area contributed by atoms with Crippen LogP contribution in [0.2, 0.25) is 0 Å². The van der Waals surface area contributed by atoms with Gasteiger partial charge >= 0.3 is 0 Å². The van der Waals surface area contributed by atoms with E-state index in [1.165, 1.54) is 0 Å². The van der Waals surface area contributed by atoms with E-state index in [0.29, 0.717) is 0 Å². The van der Waals surface area contributed by atoms with Gasteiger partial charge in [0.1, 0.15) is 11.4 Å². The molecule has 0 spiro atoms. The first-order chi connectivity index (χ1) is 9.23. The topological polar surface area (TPSA) is 107 Å². The number of rotatable bonds is 5. The van der Waals surface area contributed by atoms with E-state index in [9.17, 15) is 24.1 Å². The molecule has 0 saturated heterocycles. The Bertz CT molecular complexity index is 560. The fraction of sp³-hybridized carbons (Fsp3) is 0.333. The first kappa shape index (κ1) is 15.5. The monoisotopic (exact) mass is 283 g/mol. The molecule has 2 amide bonds. The molecular formula is C12H14FN3O4. The van der Waals surface area contributed by atoms with Gasteiger partial charge in [-0.05, 0) is 26.0 Å². The first-order valence-corrected chi connectivity index (χ1v) is 5.77. The van der Waals surface area contributed by atoms with Crippen LogP contribution in [0.3, 0.4) is 0 Å². The van der Waals surface area contributed by atoms with Crippen LogP contribution >= 0.6 is 0 Å². The van der Waals surface area contributed by atoms with Crippen LogP contribution in [0.25, 0.3) is 0 Å². The average Bonchev–Trinajstić information content (AvgIpc) is 2.34. The zero-order valence-electron chi connectivity index (χ0n) is 11.0. The van der Waals surface area contributed by atoms with Crippen molar-refractivity contribution in [1.29, 1.82) is 0 Å². The van der Waals surface area contributed by atoms with E-state index < -0.39 is 46.4 Å². The molecule has 108 valence electrons. The number of nitrogens with two attached hydrogens (primary N) is 1. The molecule has 0 aromatic heterocycles. The second kappa shape index (κ2) is 6.09. The predicted molar refractivity (Wildman–Crippen MR) is 68.4 cm³/mol. The number of carbonyl (C=O) groups is 2. The van der Waals surface area contributed by atoms with Crippen molar-refractivity contribution in [1.82, 2.24) is 4.90 Å². The summed E-state index contributed by atoms with van der Waals surface area (Å²) >= 11 is 0. The molecule has 20 heavy (non-hydrogen) atoms. The highest BCUT2D eigenvalue weighted by molar-refractivity contribution is 5.99. The van der Waals surface area contributed by atoms with Crippen molar-refractivity contribution in [2.24, 2.45) is 5.73 Å². The van der Waals surface area contributed by atoms with Gasteiger partial charge in [-0.1, -0.05) is 0 Å². The zero-order valence-corrected chi connectivity index (χ0v) is 11.0. The third-order valence-corrected chi connectivity index (χ3v) is 2.60. The van der Waals surface area contributed by atoms with E-state index in [1.54, 1.807) is 13.8 Å². The van der Waals surface area contributed by atoms with Crippen LogP contribution in [0.5, 0.6) is 0 Å². The molecule has 1 rings (SSSR count). The summed E-state index contributed by atoms with van der Waals surface area (Å²) in [7, 11) is 0. The highest BCUT2D eigenvalue weighted by Gasteiger charge is 2.27. The summed E-state index contributed by atoms with van der Waals surface area (Å²) in [6, 6.07) is 2.16. The van der Waals surface area contributed by atoms with Gasteiger partial charge in [-0.15, -0.1) is 0 Å². The summed E-state index contributed by atoms with van der Waals surface area (Å²) in [4.78, 5) is 34.3. The molecular weight excluding hydrogens is 269 g/mol. The molecule has 0 fully saturated rings. The molecule has 0 heterocycles. The molecule has 1 aromatic rings. The highest BCUT2D eigenvalue weighted by atomic mass is 19.1. The quantitative estimate of drug-likeness (QED) is 0.644. The number of benzene rings is 1. The van der Waals surface area contributed by atoms with Crippen molar-refractivity contribution in [3.63, 3.8) is 0 Å². The summed E-state index contributed by atoms with van der Waals surface area (Å²) in [6.45, 7) is 2.84. The number of halogens is 1. The van der Waals surface area contributed by atoms with Crippen molar-refractivity contribution >= 4 is 17.5 Å². The fourth-order valence-corrected chi connectivity index (χ4v) is 1.65. The fourth-order valence-electron chi connectivity index (χ4n) is 1.65. The van der Waals surface area contributed by atoms with Crippen LogP contribution in [0.1, 0.15) is 24.2 Å². The molecule has 0 aliphatic rings. The summed E-state index contributed by atoms with van der Waals surface area (Å²) in [5.41, 5.74) is 4.10. The number of nitro benzene ring substituents is 1. The minimum Gasteiger partial charge on any atom is -0.368 e. The van der Waals surface area contributed by atoms with Crippen molar-refractivity contribution in [2.75, 3.05) is 6.54 Å². The molecule has 2 N–H and O–H groups in total. The maximum absolute atomic E-state index is 13.2. The lowest BCUT2D eigenvalue weighted by Gasteiger charge is -2.25. The van der Waals surface area contributed by atoms with E-state index in [1.807, 2.05) is 0 Å². The number of hydrogen-bond donors (Lipinski definition) is 1. The number of hydrogen-bond acceptors (Lipinski definition) is 4. The van der Waals surface area contributed by atoms with Crippen LogP contribution < -0.4 is 5.73 Å². The molecule has 0 saturated carbocycles.